The number of nitro benzene ring substituents is 1. The van der Waals surface area contributed by atoms with Crippen LogP contribution >= 0.6 is 0 Å². The molecule has 0 radical (unpaired) electrons. The average Bonchev–Trinajstić information content (AvgIpc) is 2.77. The Morgan fingerprint density at radius 2 is 1.66 bits per heavy atom. The van der Waals surface area contributed by atoms with Crippen molar-refractivity contribution in [3.8, 4) is 11.5 Å². The van der Waals surface area contributed by atoms with E-state index in [0.717, 1.165) is 38.8 Å². The topological polar surface area (TPSA) is 93.9 Å². The normalized spacial score (nSPS) is 21.4. The van der Waals surface area contributed by atoms with Crippen LogP contribution in [0.5, 0.6) is 11.5 Å². The van der Waals surface area contributed by atoms with Crippen molar-refractivity contribution in [3.05, 3.63) is 27.8 Å². The molecule has 8 nitrogen and oxygen atoms in total. The zero-order valence-corrected chi connectivity index (χ0v) is 16.8. The van der Waals surface area contributed by atoms with Gasteiger partial charge in [-0.1, -0.05) is 25.7 Å². The largest absolute Gasteiger partial charge is 0.486 e. The second-order valence-corrected chi connectivity index (χ2v) is 8.29. The Morgan fingerprint density at radius 3 is 2.31 bits per heavy atom. The van der Waals surface area contributed by atoms with E-state index in [4.69, 9.17) is 9.47 Å². The first-order valence-electron chi connectivity index (χ1n) is 10.7. The molecule has 0 atom stereocenters. The molecule has 1 aromatic carbocycles. The fourth-order valence-corrected chi connectivity index (χ4v) is 4.93. The number of hydrogen-bond donors (Lipinski definition) is 1. The number of likely N-dealkylation sites (tertiary alicyclic amines) is 1. The zero-order valence-electron chi connectivity index (χ0n) is 16.8. The molecule has 1 amide bonds. The average molecular weight is 403 g/mol. The number of nitro groups is 1. The van der Waals surface area contributed by atoms with Crippen LogP contribution in [0.15, 0.2) is 12.1 Å². The SMILES string of the molecule is O=C(NCC1(N2CCCCC2)CCCCC1)c1cc2c(cc1[N+](=O)[O-])OCCO2. The summed E-state index contributed by atoms with van der Waals surface area (Å²) in [5.41, 5.74) is -0.247. The number of amides is 1. The standard InChI is InChI=1S/C21H29N3O5/c25-20(16-13-18-19(29-12-11-28-18)14-17(16)24(26)27)22-15-21(7-3-1-4-8-21)23-9-5-2-6-10-23/h13-14H,1-12,15H2,(H,22,25). The third kappa shape index (κ3) is 4.17. The van der Waals surface area contributed by atoms with E-state index in [9.17, 15) is 14.9 Å². The second kappa shape index (κ2) is 8.57. The number of carbonyl (C=O) groups excluding carboxylic acids is 1. The van der Waals surface area contributed by atoms with Gasteiger partial charge in [0.05, 0.1) is 11.0 Å². The minimum absolute atomic E-state index is 0.0308. The second-order valence-electron chi connectivity index (χ2n) is 8.29. The van der Waals surface area contributed by atoms with Gasteiger partial charge < -0.3 is 14.8 Å². The predicted octanol–water partition coefficient (Wildman–Crippen LogP) is 3.28. The van der Waals surface area contributed by atoms with E-state index in [1.165, 1.54) is 37.8 Å². The van der Waals surface area contributed by atoms with Crippen LogP contribution in [0.3, 0.4) is 0 Å². The summed E-state index contributed by atoms with van der Waals surface area (Å²) in [7, 11) is 0. The van der Waals surface area contributed by atoms with Crippen LogP contribution in [0.25, 0.3) is 0 Å². The number of rotatable bonds is 5. The maximum atomic E-state index is 13.0. The number of benzene rings is 1. The Hall–Kier alpha value is -2.35. The maximum Gasteiger partial charge on any atom is 0.286 e. The van der Waals surface area contributed by atoms with Crippen molar-refractivity contribution in [2.75, 3.05) is 32.8 Å². The first kappa shape index (κ1) is 19.9. The van der Waals surface area contributed by atoms with Gasteiger partial charge in [0.1, 0.15) is 18.8 Å². The van der Waals surface area contributed by atoms with Gasteiger partial charge in [0.15, 0.2) is 11.5 Å². The fourth-order valence-electron chi connectivity index (χ4n) is 4.93. The number of hydrogen-bond acceptors (Lipinski definition) is 6. The van der Waals surface area contributed by atoms with Crippen molar-refractivity contribution in [2.45, 2.75) is 56.9 Å². The highest BCUT2D eigenvalue weighted by molar-refractivity contribution is 5.99. The van der Waals surface area contributed by atoms with Crippen LogP contribution < -0.4 is 14.8 Å². The van der Waals surface area contributed by atoms with Crippen molar-refractivity contribution in [1.29, 1.82) is 0 Å². The number of nitrogens with one attached hydrogen (secondary N) is 1. The van der Waals surface area contributed by atoms with Crippen LogP contribution in [0, 0.1) is 10.1 Å². The van der Waals surface area contributed by atoms with Gasteiger partial charge >= 0.3 is 0 Å². The molecule has 1 saturated carbocycles. The predicted molar refractivity (Wildman–Crippen MR) is 108 cm³/mol. The molecule has 1 saturated heterocycles. The Labute approximate surface area is 170 Å². The highest BCUT2D eigenvalue weighted by Crippen LogP contribution is 2.38. The van der Waals surface area contributed by atoms with Crippen LogP contribution in [0.2, 0.25) is 0 Å². The summed E-state index contributed by atoms with van der Waals surface area (Å²) in [6.07, 6.45) is 9.35. The van der Waals surface area contributed by atoms with E-state index >= 15 is 0 Å². The Balaban J connectivity index is 1.54. The van der Waals surface area contributed by atoms with E-state index in [1.807, 2.05) is 0 Å². The molecule has 0 bridgehead atoms. The highest BCUT2D eigenvalue weighted by Gasteiger charge is 2.39. The Kier molecular flexibility index (Phi) is 5.89. The molecule has 1 aromatic rings. The van der Waals surface area contributed by atoms with Gasteiger partial charge in [0.25, 0.3) is 11.6 Å². The third-order valence-corrected chi connectivity index (χ3v) is 6.49. The molecule has 1 N–H and O–H groups in total. The summed E-state index contributed by atoms with van der Waals surface area (Å²) in [5.74, 6) is 0.280. The van der Waals surface area contributed by atoms with Crippen LogP contribution in [-0.4, -0.2) is 54.1 Å². The summed E-state index contributed by atoms with van der Waals surface area (Å²) < 4.78 is 11.0. The van der Waals surface area contributed by atoms with E-state index in [2.05, 4.69) is 10.2 Å². The molecule has 0 aromatic heterocycles. The molecule has 0 unspecified atom stereocenters. The molecule has 158 valence electrons. The first-order valence-corrected chi connectivity index (χ1v) is 10.7. The lowest BCUT2D eigenvalue weighted by Gasteiger charge is -2.48. The highest BCUT2D eigenvalue weighted by atomic mass is 16.6. The molecular formula is C21H29N3O5. The lowest BCUT2D eigenvalue weighted by Crippen LogP contribution is -2.58. The molecule has 2 aliphatic heterocycles. The summed E-state index contributed by atoms with van der Waals surface area (Å²) in [5, 5.41) is 14.6. The first-order chi connectivity index (χ1) is 14.1. The van der Waals surface area contributed by atoms with Gasteiger partial charge in [0, 0.05) is 18.2 Å². The van der Waals surface area contributed by atoms with E-state index in [-0.39, 0.29) is 16.8 Å². The summed E-state index contributed by atoms with van der Waals surface area (Å²) in [4.78, 5) is 26.6. The van der Waals surface area contributed by atoms with Crippen LogP contribution in [0.1, 0.15) is 61.7 Å². The minimum atomic E-state index is -0.534. The monoisotopic (exact) mass is 403 g/mol. The van der Waals surface area contributed by atoms with Crippen molar-refractivity contribution >= 4 is 11.6 Å². The number of nitrogens with zero attached hydrogens (tertiary/aromatic N) is 2. The summed E-state index contributed by atoms with van der Waals surface area (Å²) in [6.45, 7) is 3.37. The number of ether oxygens (including phenoxy) is 2. The molecule has 3 aliphatic rings. The number of fused-ring (bicyclic) bond motifs is 1. The van der Waals surface area contributed by atoms with Crippen molar-refractivity contribution in [2.24, 2.45) is 0 Å². The number of piperidine rings is 1. The lowest BCUT2D eigenvalue weighted by molar-refractivity contribution is -0.385. The lowest BCUT2D eigenvalue weighted by atomic mass is 9.79. The van der Waals surface area contributed by atoms with E-state index < -0.39 is 10.8 Å². The van der Waals surface area contributed by atoms with Crippen LogP contribution in [0.4, 0.5) is 5.69 Å². The zero-order chi connectivity index (χ0) is 20.3. The van der Waals surface area contributed by atoms with E-state index in [0.29, 0.717) is 31.3 Å². The molecular weight excluding hydrogens is 374 g/mol. The Bertz CT molecular complexity index is 770. The van der Waals surface area contributed by atoms with Crippen molar-refractivity contribution in [3.63, 3.8) is 0 Å². The number of carbonyl (C=O) groups is 1. The van der Waals surface area contributed by atoms with Crippen LogP contribution in [-0.2, 0) is 0 Å². The fraction of sp³-hybridized carbons (Fsp3) is 0.667. The van der Waals surface area contributed by atoms with Gasteiger partial charge in [0.2, 0.25) is 0 Å². The minimum Gasteiger partial charge on any atom is -0.486 e. The summed E-state index contributed by atoms with van der Waals surface area (Å²) >= 11 is 0. The quantitative estimate of drug-likeness (QED) is 0.599. The maximum absolute atomic E-state index is 13.0. The molecule has 2 fully saturated rings. The third-order valence-electron chi connectivity index (χ3n) is 6.49. The van der Waals surface area contributed by atoms with Gasteiger partial charge in [-0.05, 0) is 38.8 Å². The van der Waals surface area contributed by atoms with Gasteiger partial charge in [-0.3, -0.25) is 19.8 Å². The van der Waals surface area contributed by atoms with Gasteiger partial charge in [-0.2, -0.15) is 0 Å². The summed E-state index contributed by atoms with van der Waals surface area (Å²) in [6, 6.07) is 2.74. The van der Waals surface area contributed by atoms with Gasteiger partial charge in [-0.25, -0.2) is 0 Å². The molecule has 29 heavy (non-hydrogen) atoms. The molecule has 1 aliphatic carbocycles. The van der Waals surface area contributed by atoms with Crippen molar-refractivity contribution in [1.82, 2.24) is 10.2 Å². The molecule has 0 spiro atoms. The smallest absolute Gasteiger partial charge is 0.286 e. The van der Waals surface area contributed by atoms with Gasteiger partial charge in [-0.15, -0.1) is 0 Å². The van der Waals surface area contributed by atoms with Crippen molar-refractivity contribution < 1.29 is 19.2 Å². The molecule has 8 heteroatoms. The Morgan fingerprint density at radius 1 is 1.03 bits per heavy atom. The molecule has 2 heterocycles. The molecule has 4 rings (SSSR count). The van der Waals surface area contributed by atoms with E-state index in [1.54, 1.807) is 0 Å².